The highest BCUT2D eigenvalue weighted by molar-refractivity contribution is 5.43. The molecule has 1 fully saturated rings. The third-order valence-corrected chi connectivity index (χ3v) is 3.73. The molecule has 0 spiro atoms. The lowest BCUT2D eigenvalue weighted by Crippen LogP contribution is -2.45. The fourth-order valence-electron chi connectivity index (χ4n) is 2.49. The fraction of sp³-hybridized carbons (Fsp3) is 0.529. The average Bonchev–Trinajstić information content (AvgIpc) is 2.58. The van der Waals surface area contributed by atoms with Gasteiger partial charge in [0, 0.05) is 45.8 Å². The third kappa shape index (κ3) is 5.33. The van der Waals surface area contributed by atoms with Crippen LogP contribution in [0.15, 0.2) is 30.9 Å². The Balaban J connectivity index is 1.75. The number of nitrogens with zero attached hydrogens (tertiary/aromatic N) is 1. The van der Waals surface area contributed by atoms with Crippen LogP contribution < -0.4 is 20.1 Å². The molecule has 0 bridgehead atoms. The molecule has 0 aromatic heterocycles. The van der Waals surface area contributed by atoms with Crippen molar-refractivity contribution in [1.29, 1.82) is 0 Å². The van der Waals surface area contributed by atoms with E-state index in [2.05, 4.69) is 28.2 Å². The van der Waals surface area contributed by atoms with E-state index in [1.165, 1.54) is 5.56 Å². The van der Waals surface area contributed by atoms with Gasteiger partial charge in [0.1, 0.15) is 6.61 Å². The van der Waals surface area contributed by atoms with Crippen molar-refractivity contribution in [2.45, 2.75) is 6.54 Å². The van der Waals surface area contributed by atoms with Gasteiger partial charge in [0.2, 0.25) is 0 Å². The molecule has 1 aliphatic rings. The summed E-state index contributed by atoms with van der Waals surface area (Å²) in [7, 11) is 1.66. The molecule has 2 rings (SSSR count). The van der Waals surface area contributed by atoms with E-state index in [4.69, 9.17) is 9.47 Å². The predicted molar refractivity (Wildman–Crippen MR) is 89.7 cm³/mol. The molecule has 1 aromatic carbocycles. The molecule has 0 unspecified atom stereocenters. The van der Waals surface area contributed by atoms with Crippen LogP contribution in [0, 0.1) is 0 Å². The van der Waals surface area contributed by atoms with Crippen molar-refractivity contribution in [3.63, 3.8) is 0 Å². The average molecular weight is 305 g/mol. The Hall–Kier alpha value is -1.56. The Kier molecular flexibility index (Phi) is 7.22. The minimum atomic E-state index is 0.485. The maximum Gasteiger partial charge on any atom is 0.161 e. The zero-order chi connectivity index (χ0) is 15.6. The zero-order valence-electron chi connectivity index (χ0n) is 13.4. The number of hydrogen-bond donors (Lipinski definition) is 2. The first-order valence-corrected chi connectivity index (χ1v) is 7.88. The molecular weight excluding hydrogens is 278 g/mol. The smallest absolute Gasteiger partial charge is 0.161 e. The highest BCUT2D eigenvalue weighted by Crippen LogP contribution is 2.27. The number of nitrogens with one attached hydrogen (secondary N) is 2. The maximum absolute atomic E-state index is 5.56. The molecule has 0 aliphatic carbocycles. The molecule has 0 saturated carbocycles. The molecule has 0 atom stereocenters. The van der Waals surface area contributed by atoms with Gasteiger partial charge in [-0.3, -0.25) is 4.90 Å². The molecule has 1 aliphatic heterocycles. The minimum absolute atomic E-state index is 0.485. The van der Waals surface area contributed by atoms with Crippen LogP contribution in [0.1, 0.15) is 5.56 Å². The Labute approximate surface area is 133 Å². The lowest BCUT2D eigenvalue weighted by atomic mass is 10.2. The first kappa shape index (κ1) is 16.8. The molecule has 0 amide bonds. The van der Waals surface area contributed by atoms with Crippen molar-refractivity contribution in [3.05, 3.63) is 36.4 Å². The van der Waals surface area contributed by atoms with E-state index in [9.17, 15) is 0 Å². The van der Waals surface area contributed by atoms with Crippen molar-refractivity contribution in [2.24, 2.45) is 0 Å². The molecule has 5 nitrogen and oxygen atoms in total. The first-order valence-electron chi connectivity index (χ1n) is 7.88. The van der Waals surface area contributed by atoms with Crippen molar-refractivity contribution < 1.29 is 9.47 Å². The number of hydrogen-bond acceptors (Lipinski definition) is 5. The Morgan fingerprint density at radius 2 is 2.14 bits per heavy atom. The van der Waals surface area contributed by atoms with Crippen LogP contribution in [0.2, 0.25) is 0 Å². The van der Waals surface area contributed by atoms with Crippen LogP contribution in [-0.2, 0) is 6.54 Å². The number of methoxy groups -OCH3 is 1. The van der Waals surface area contributed by atoms with Gasteiger partial charge >= 0.3 is 0 Å². The Morgan fingerprint density at radius 1 is 1.32 bits per heavy atom. The van der Waals surface area contributed by atoms with Crippen molar-refractivity contribution >= 4 is 0 Å². The summed E-state index contributed by atoms with van der Waals surface area (Å²) in [5.74, 6) is 1.52. The molecule has 1 aromatic rings. The highest BCUT2D eigenvalue weighted by atomic mass is 16.5. The van der Waals surface area contributed by atoms with Gasteiger partial charge < -0.3 is 20.1 Å². The summed E-state index contributed by atoms with van der Waals surface area (Å²) in [6, 6.07) is 6.05. The molecule has 5 heteroatoms. The Morgan fingerprint density at radius 3 is 2.86 bits per heavy atom. The van der Waals surface area contributed by atoms with Gasteiger partial charge in [0.25, 0.3) is 0 Å². The second kappa shape index (κ2) is 9.46. The van der Waals surface area contributed by atoms with E-state index >= 15 is 0 Å². The van der Waals surface area contributed by atoms with Gasteiger partial charge in [0.05, 0.1) is 7.11 Å². The van der Waals surface area contributed by atoms with Crippen molar-refractivity contribution in [2.75, 3.05) is 53.0 Å². The van der Waals surface area contributed by atoms with E-state index in [-0.39, 0.29) is 0 Å². The first-order chi connectivity index (χ1) is 10.8. The monoisotopic (exact) mass is 305 g/mol. The van der Waals surface area contributed by atoms with E-state index in [0.29, 0.717) is 6.61 Å². The quantitative estimate of drug-likeness (QED) is 0.531. The summed E-state index contributed by atoms with van der Waals surface area (Å²) in [5.41, 5.74) is 1.20. The standard InChI is InChI=1S/C17H27N3O2/c1-3-12-22-16-5-4-15(13-17(16)21-2)14-19-8-11-20-9-6-18-7-10-20/h3-5,13,18-19H,1,6-12,14H2,2H3. The van der Waals surface area contributed by atoms with E-state index in [1.54, 1.807) is 13.2 Å². The third-order valence-electron chi connectivity index (χ3n) is 3.73. The molecule has 0 radical (unpaired) electrons. The van der Waals surface area contributed by atoms with Crippen LogP contribution in [0.25, 0.3) is 0 Å². The zero-order valence-corrected chi connectivity index (χ0v) is 13.4. The lowest BCUT2D eigenvalue weighted by Gasteiger charge is -2.27. The summed E-state index contributed by atoms with van der Waals surface area (Å²) >= 11 is 0. The van der Waals surface area contributed by atoms with Crippen LogP contribution in [0.5, 0.6) is 11.5 Å². The van der Waals surface area contributed by atoms with Crippen LogP contribution in [-0.4, -0.2) is 57.9 Å². The van der Waals surface area contributed by atoms with Crippen molar-refractivity contribution in [1.82, 2.24) is 15.5 Å². The number of piperazine rings is 1. The highest BCUT2D eigenvalue weighted by Gasteiger charge is 2.08. The molecule has 22 heavy (non-hydrogen) atoms. The summed E-state index contributed by atoms with van der Waals surface area (Å²) in [4.78, 5) is 2.48. The van der Waals surface area contributed by atoms with Gasteiger partial charge in [0.15, 0.2) is 11.5 Å². The largest absolute Gasteiger partial charge is 0.493 e. The summed E-state index contributed by atoms with van der Waals surface area (Å²) in [5, 5.41) is 6.86. The van der Waals surface area contributed by atoms with Gasteiger partial charge in [-0.05, 0) is 17.7 Å². The molecule has 2 N–H and O–H groups in total. The summed E-state index contributed by atoms with van der Waals surface area (Å²) < 4.78 is 10.9. The van der Waals surface area contributed by atoms with Crippen LogP contribution in [0.3, 0.4) is 0 Å². The molecule has 1 saturated heterocycles. The summed E-state index contributed by atoms with van der Waals surface area (Å²) in [6.45, 7) is 11.6. The SMILES string of the molecule is C=CCOc1ccc(CNCCN2CCNCC2)cc1OC. The molecular formula is C17H27N3O2. The Bertz CT molecular complexity index is 459. The second-order valence-corrected chi connectivity index (χ2v) is 5.35. The second-order valence-electron chi connectivity index (χ2n) is 5.35. The summed E-state index contributed by atoms with van der Waals surface area (Å²) in [6.07, 6.45) is 1.73. The van der Waals surface area contributed by atoms with Gasteiger partial charge in [-0.15, -0.1) is 0 Å². The number of rotatable bonds is 9. The van der Waals surface area contributed by atoms with Crippen LogP contribution in [0.4, 0.5) is 0 Å². The van der Waals surface area contributed by atoms with E-state index < -0.39 is 0 Å². The van der Waals surface area contributed by atoms with Gasteiger partial charge in [-0.1, -0.05) is 18.7 Å². The predicted octanol–water partition coefficient (Wildman–Crippen LogP) is 1.25. The van der Waals surface area contributed by atoms with E-state index in [0.717, 1.165) is 57.3 Å². The lowest BCUT2D eigenvalue weighted by molar-refractivity contribution is 0.241. The molecule has 122 valence electrons. The van der Waals surface area contributed by atoms with Gasteiger partial charge in [-0.25, -0.2) is 0 Å². The maximum atomic E-state index is 5.56. The van der Waals surface area contributed by atoms with Crippen LogP contribution >= 0.6 is 0 Å². The number of benzene rings is 1. The van der Waals surface area contributed by atoms with Gasteiger partial charge in [-0.2, -0.15) is 0 Å². The van der Waals surface area contributed by atoms with E-state index in [1.807, 2.05) is 12.1 Å². The fourth-order valence-corrected chi connectivity index (χ4v) is 2.49. The topological polar surface area (TPSA) is 45.8 Å². The minimum Gasteiger partial charge on any atom is -0.493 e. The normalized spacial score (nSPS) is 15.5. The van der Waals surface area contributed by atoms with Crippen molar-refractivity contribution in [3.8, 4) is 11.5 Å². The number of ether oxygens (including phenoxy) is 2. The molecule has 1 heterocycles.